The minimum Gasteiger partial charge on any atom is -0.508 e. The summed E-state index contributed by atoms with van der Waals surface area (Å²) in [5, 5.41) is 33.9. The first-order valence-corrected chi connectivity index (χ1v) is 13.9. The van der Waals surface area contributed by atoms with Crippen molar-refractivity contribution in [3.8, 4) is 5.75 Å². The number of aliphatic hydroxyl groups is 2. The van der Waals surface area contributed by atoms with Crippen LogP contribution in [-0.4, -0.2) is 58.0 Å². The van der Waals surface area contributed by atoms with Crippen LogP contribution in [0.15, 0.2) is 42.5 Å². The molecule has 4 unspecified atom stereocenters. The number of aliphatic hydroxyl groups excluding tert-OH is 1. The lowest BCUT2D eigenvalue weighted by atomic mass is 9.35. The molecule has 6 aliphatic rings. The molecule has 0 radical (unpaired) electrons. The van der Waals surface area contributed by atoms with E-state index < -0.39 is 40.9 Å². The molecule has 210 valence electrons. The minimum atomic E-state index is -1.94. The van der Waals surface area contributed by atoms with Crippen molar-refractivity contribution in [2.75, 3.05) is 6.61 Å². The maximum absolute atomic E-state index is 13.2. The maximum Gasteiger partial charge on any atom is 0.331 e. The van der Waals surface area contributed by atoms with Crippen molar-refractivity contribution in [3.63, 3.8) is 0 Å². The molecule has 1 aromatic rings. The highest BCUT2D eigenvalue weighted by Gasteiger charge is 2.85. The summed E-state index contributed by atoms with van der Waals surface area (Å²) in [7, 11) is 0. The van der Waals surface area contributed by atoms with E-state index in [9.17, 15) is 24.9 Å². The smallest absolute Gasteiger partial charge is 0.331 e. The van der Waals surface area contributed by atoms with Gasteiger partial charge in [0.1, 0.15) is 24.1 Å². The number of ether oxygens (including phenoxy) is 3. The Morgan fingerprint density at radius 1 is 1.13 bits per heavy atom. The van der Waals surface area contributed by atoms with Gasteiger partial charge in [0, 0.05) is 30.3 Å². The van der Waals surface area contributed by atoms with Gasteiger partial charge in [0.05, 0.1) is 12.0 Å². The molecule has 2 saturated heterocycles. The lowest BCUT2D eigenvalue weighted by molar-refractivity contribution is -0.468. The molecule has 2 spiro atoms. The number of carbonyl (C=O) groups excluding carboxylic acids is 2. The highest BCUT2D eigenvalue weighted by molar-refractivity contribution is 5.87. The van der Waals surface area contributed by atoms with Gasteiger partial charge in [-0.05, 0) is 67.2 Å². The van der Waals surface area contributed by atoms with Gasteiger partial charge in [-0.25, -0.2) is 4.79 Å². The Balaban J connectivity index is 1.42. The van der Waals surface area contributed by atoms with Crippen molar-refractivity contribution >= 4 is 18.0 Å². The Morgan fingerprint density at radius 2 is 1.85 bits per heavy atom. The summed E-state index contributed by atoms with van der Waals surface area (Å²) in [5.74, 6) is -3.51. The monoisotopic (exact) mass is 538 g/mol. The van der Waals surface area contributed by atoms with Crippen LogP contribution in [0.5, 0.6) is 5.75 Å². The van der Waals surface area contributed by atoms with Gasteiger partial charge in [0.2, 0.25) is 5.79 Å². The molecule has 3 N–H and O–H groups in total. The number of fused-ring (bicyclic) bond motifs is 2. The molecule has 0 aromatic heterocycles. The van der Waals surface area contributed by atoms with Crippen LogP contribution in [0.2, 0.25) is 0 Å². The zero-order valence-corrected chi connectivity index (χ0v) is 22.8. The number of phenolic OH excluding ortho intramolecular Hbond substituents is 1. The molecule has 4 bridgehead atoms. The number of hydrogen-bond acceptors (Lipinski definition) is 8. The average molecular weight is 539 g/mol. The predicted molar refractivity (Wildman–Crippen MR) is 141 cm³/mol. The van der Waals surface area contributed by atoms with Gasteiger partial charge in [-0.2, -0.15) is 0 Å². The SMILES string of the molecule is C=C1CC23C(CC[C@@H]1[C@H]2OC(=O)/C=C/c1ccc(O)cc1)C12CO[C@@]3(O)[C@@H](O)[C@@H]1C(C)(C)CCC2OC(C)=O. The van der Waals surface area contributed by atoms with Gasteiger partial charge >= 0.3 is 11.9 Å². The zero-order valence-electron chi connectivity index (χ0n) is 22.8. The molecule has 2 aliphatic heterocycles. The molecule has 1 aromatic carbocycles. The Morgan fingerprint density at radius 3 is 2.54 bits per heavy atom. The minimum absolute atomic E-state index is 0.131. The normalized spacial score (nSPS) is 43.6. The molecular formula is C31H38O8. The van der Waals surface area contributed by atoms with E-state index in [1.165, 1.54) is 25.1 Å². The maximum atomic E-state index is 13.2. The number of esters is 2. The Labute approximate surface area is 228 Å². The van der Waals surface area contributed by atoms with E-state index in [4.69, 9.17) is 14.2 Å². The van der Waals surface area contributed by atoms with Gasteiger partial charge in [-0.3, -0.25) is 4.79 Å². The van der Waals surface area contributed by atoms with Crippen LogP contribution in [0, 0.1) is 34.0 Å². The second kappa shape index (κ2) is 8.66. The summed E-state index contributed by atoms with van der Waals surface area (Å²) in [6, 6.07) is 6.44. The van der Waals surface area contributed by atoms with Crippen LogP contribution in [0.3, 0.4) is 0 Å². The lowest BCUT2D eigenvalue weighted by Gasteiger charge is -2.75. The number of carbonyl (C=O) groups is 2. The number of hydrogen-bond donors (Lipinski definition) is 3. The molecule has 7 rings (SSSR count). The highest BCUT2D eigenvalue weighted by Crippen LogP contribution is 2.78. The predicted octanol–water partition coefficient (Wildman–Crippen LogP) is 3.74. The molecule has 9 atom stereocenters. The van der Waals surface area contributed by atoms with Crippen molar-refractivity contribution < 1.29 is 39.1 Å². The third-order valence-corrected chi connectivity index (χ3v) is 10.8. The average Bonchev–Trinajstić information content (AvgIpc) is 3.02. The zero-order chi connectivity index (χ0) is 28.0. The van der Waals surface area contributed by atoms with Crippen molar-refractivity contribution in [3.05, 3.63) is 48.1 Å². The molecule has 39 heavy (non-hydrogen) atoms. The van der Waals surface area contributed by atoms with Crippen molar-refractivity contribution in [2.45, 2.75) is 77.0 Å². The van der Waals surface area contributed by atoms with Crippen molar-refractivity contribution in [2.24, 2.45) is 34.0 Å². The standard InChI is InChI=1S/C31H38O8/c1-17-15-30-22(11-10-21(17)27(30)39-24(34)12-7-19-5-8-20(33)9-6-19)29-16-37-31(30,36)26(35)25(29)28(3,4)14-13-23(29)38-18(2)32/h5-9,12,21-23,25-27,33,35-36H,1,10-11,13-16H2,2-4H3/b12-7+/t21-,22?,23?,25+,26-,27+,29?,30?,31-/m0/s1. The lowest BCUT2D eigenvalue weighted by Crippen LogP contribution is -2.84. The second-order valence-corrected chi connectivity index (χ2v) is 13.0. The van der Waals surface area contributed by atoms with Crippen molar-refractivity contribution in [1.82, 2.24) is 0 Å². The first-order chi connectivity index (χ1) is 18.4. The van der Waals surface area contributed by atoms with Crippen molar-refractivity contribution in [1.29, 1.82) is 0 Å². The van der Waals surface area contributed by atoms with Gasteiger partial charge in [0.15, 0.2) is 0 Å². The van der Waals surface area contributed by atoms with E-state index in [0.717, 1.165) is 30.4 Å². The fourth-order valence-electron chi connectivity index (χ4n) is 9.52. The molecule has 6 fully saturated rings. The summed E-state index contributed by atoms with van der Waals surface area (Å²) in [5.41, 5.74) is -0.585. The number of aromatic hydroxyl groups is 1. The molecule has 8 nitrogen and oxygen atoms in total. The Hall–Kier alpha value is -2.68. The first kappa shape index (κ1) is 26.5. The van der Waals surface area contributed by atoms with Crippen LogP contribution in [-0.2, 0) is 23.8 Å². The summed E-state index contributed by atoms with van der Waals surface area (Å²) >= 11 is 0. The van der Waals surface area contributed by atoms with Crippen LogP contribution in [0.1, 0.15) is 58.4 Å². The van der Waals surface area contributed by atoms with Gasteiger partial charge in [0.25, 0.3) is 0 Å². The number of rotatable bonds is 4. The van der Waals surface area contributed by atoms with E-state index in [1.54, 1.807) is 18.2 Å². The summed E-state index contributed by atoms with van der Waals surface area (Å²) in [4.78, 5) is 25.5. The van der Waals surface area contributed by atoms with Crippen LogP contribution in [0.25, 0.3) is 6.08 Å². The van der Waals surface area contributed by atoms with Gasteiger partial charge < -0.3 is 29.5 Å². The van der Waals surface area contributed by atoms with Crippen LogP contribution < -0.4 is 0 Å². The summed E-state index contributed by atoms with van der Waals surface area (Å²) < 4.78 is 18.4. The molecule has 4 saturated carbocycles. The van der Waals surface area contributed by atoms with E-state index in [1.807, 2.05) is 0 Å². The van der Waals surface area contributed by atoms with Gasteiger partial charge in [-0.1, -0.05) is 38.1 Å². The topological polar surface area (TPSA) is 123 Å². The Bertz CT molecular complexity index is 1240. The molecule has 0 amide bonds. The third kappa shape index (κ3) is 3.47. The van der Waals surface area contributed by atoms with Gasteiger partial charge in [-0.15, -0.1) is 0 Å². The molecule has 4 aliphatic carbocycles. The molecule has 2 heterocycles. The van der Waals surface area contributed by atoms with Crippen LogP contribution in [0.4, 0.5) is 0 Å². The first-order valence-electron chi connectivity index (χ1n) is 13.9. The third-order valence-electron chi connectivity index (χ3n) is 10.8. The summed E-state index contributed by atoms with van der Waals surface area (Å²) in [6.07, 6.45) is 3.64. The fraction of sp³-hybridized carbons (Fsp3) is 0.613. The second-order valence-electron chi connectivity index (χ2n) is 13.0. The van der Waals surface area contributed by atoms with E-state index in [2.05, 4.69) is 20.4 Å². The molecular weight excluding hydrogens is 500 g/mol. The Kier molecular flexibility index (Phi) is 5.89. The van der Waals surface area contributed by atoms with E-state index in [0.29, 0.717) is 12.8 Å². The van der Waals surface area contributed by atoms with Crippen LogP contribution >= 0.6 is 0 Å². The van der Waals surface area contributed by atoms with E-state index in [-0.39, 0.29) is 41.5 Å². The fourth-order valence-corrected chi connectivity index (χ4v) is 9.52. The number of phenols is 1. The quantitative estimate of drug-likeness (QED) is 0.301. The largest absolute Gasteiger partial charge is 0.508 e. The van der Waals surface area contributed by atoms with E-state index >= 15 is 0 Å². The summed E-state index contributed by atoms with van der Waals surface area (Å²) in [6.45, 7) is 10.1. The molecule has 8 heteroatoms. The number of benzene rings is 1. The highest BCUT2D eigenvalue weighted by atomic mass is 16.7.